The Morgan fingerprint density at radius 1 is 1.04 bits per heavy atom. The van der Waals surface area contributed by atoms with Crippen molar-refractivity contribution in [1.29, 1.82) is 0 Å². The van der Waals surface area contributed by atoms with Crippen LogP contribution in [0.2, 0.25) is 10.0 Å². The quantitative estimate of drug-likeness (QED) is 0.827. The summed E-state index contributed by atoms with van der Waals surface area (Å²) in [6.07, 6.45) is 0.330. The van der Waals surface area contributed by atoms with Crippen LogP contribution in [0.25, 0.3) is 0 Å². The van der Waals surface area contributed by atoms with Gasteiger partial charge in [-0.25, -0.2) is 8.42 Å². The molecule has 0 aliphatic heterocycles. The van der Waals surface area contributed by atoms with Crippen LogP contribution < -0.4 is 10.0 Å². The van der Waals surface area contributed by atoms with Crippen molar-refractivity contribution in [3.8, 4) is 0 Å². The lowest BCUT2D eigenvalue weighted by Crippen LogP contribution is -2.14. The third-order valence-corrected chi connectivity index (χ3v) is 4.66. The van der Waals surface area contributed by atoms with Crippen molar-refractivity contribution in [3.05, 3.63) is 52.5 Å². The second-order valence-corrected chi connectivity index (χ2v) is 7.25. The molecule has 2 N–H and O–H groups in total. The molecule has 0 radical (unpaired) electrons. The molecule has 0 aromatic heterocycles. The zero-order valence-corrected chi connectivity index (χ0v) is 14.5. The molecule has 1 amide bonds. The highest BCUT2D eigenvalue weighted by Crippen LogP contribution is 2.25. The van der Waals surface area contributed by atoms with Crippen LogP contribution in [-0.2, 0) is 14.8 Å². The molecule has 122 valence electrons. The molecule has 0 saturated carbocycles. The minimum atomic E-state index is -3.84. The average molecular weight is 373 g/mol. The summed E-state index contributed by atoms with van der Waals surface area (Å²) < 4.78 is 27.2. The lowest BCUT2D eigenvalue weighted by atomic mass is 10.3. The first-order valence-electron chi connectivity index (χ1n) is 6.69. The van der Waals surface area contributed by atoms with Crippen LogP contribution in [0.5, 0.6) is 0 Å². The highest BCUT2D eigenvalue weighted by atomic mass is 35.5. The largest absolute Gasteiger partial charge is 0.326 e. The predicted octanol–water partition coefficient (Wildman–Crippen LogP) is 4.14. The molecule has 0 unspecified atom stereocenters. The Morgan fingerprint density at radius 2 is 1.65 bits per heavy atom. The van der Waals surface area contributed by atoms with E-state index in [2.05, 4.69) is 10.0 Å². The van der Waals surface area contributed by atoms with Gasteiger partial charge in [0, 0.05) is 22.2 Å². The van der Waals surface area contributed by atoms with E-state index in [1.807, 2.05) is 0 Å². The minimum Gasteiger partial charge on any atom is -0.326 e. The van der Waals surface area contributed by atoms with Crippen molar-refractivity contribution in [2.24, 2.45) is 0 Å². The molecule has 2 rings (SSSR count). The molecule has 23 heavy (non-hydrogen) atoms. The maximum atomic E-state index is 12.4. The van der Waals surface area contributed by atoms with Crippen LogP contribution in [0.3, 0.4) is 0 Å². The monoisotopic (exact) mass is 372 g/mol. The number of anilines is 2. The Morgan fingerprint density at radius 3 is 2.26 bits per heavy atom. The molecule has 8 heteroatoms. The smallest absolute Gasteiger partial charge is 0.261 e. The first-order chi connectivity index (χ1) is 10.8. The van der Waals surface area contributed by atoms with Crippen molar-refractivity contribution < 1.29 is 13.2 Å². The Balaban J connectivity index is 2.27. The van der Waals surface area contributed by atoms with E-state index in [9.17, 15) is 13.2 Å². The second kappa shape index (κ2) is 7.21. The molecular formula is C15H14Cl2N2O3S. The summed E-state index contributed by atoms with van der Waals surface area (Å²) in [6, 6.07) is 10.5. The van der Waals surface area contributed by atoms with E-state index in [0.717, 1.165) is 0 Å². The third-order valence-electron chi connectivity index (χ3n) is 2.87. The first-order valence-corrected chi connectivity index (χ1v) is 8.93. The van der Waals surface area contributed by atoms with Crippen molar-refractivity contribution in [2.75, 3.05) is 10.0 Å². The third kappa shape index (κ3) is 4.86. The topological polar surface area (TPSA) is 75.3 Å². The van der Waals surface area contributed by atoms with E-state index in [1.165, 1.54) is 24.3 Å². The molecule has 0 aliphatic carbocycles. The molecule has 2 aromatic carbocycles. The number of rotatable bonds is 5. The number of carbonyl (C=O) groups excluding carboxylic acids is 1. The standard InChI is InChI=1S/C15H14Cl2N2O3S/c1-2-15(20)18-12-4-3-5-13(9-12)19-23(21,22)14-7-10(16)6-11(17)8-14/h3-9,19H,2H2,1H3,(H,18,20). The molecule has 0 aliphatic rings. The predicted molar refractivity (Wildman–Crippen MR) is 92.6 cm³/mol. The number of nitrogens with one attached hydrogen (secondary N) is 2. The molecule has 2 aromatic rings. The number of sulfonamides is 1. The van der Waals surface area contributed by atoms with Gasteiger partial charge in [-0.15, -0.1) is 0 Å². The molecule has 0 fully saturated rings. The molecule has 0 atom stereocenters. The lowest BCUT2D eigenvalue weighted by Gasteiger charge is -2.10. The lowest BCUT2D eigenvalue weighted by molar-refractivity contribution is -0.115. The highest BCUT2D eigenvalue weighted by Gasteiger charge is 2.16. The van der Waals surface area contributed by atoms with Crippen LogP contribution in [-0.4, -0.2) is 14.3 Å². The summed E-state index contributed by atoms with van der Waals surface area (Å²) >= 11 is 11.7. The number of halogens is 2. The Hall–Kier alpha value is -1.76. The highest BCUT2D eigenvalue weighted by molar-refractivity contribution is 7.92. The molecule has 0 saturated heterocycles. The van der Waals surface area contributed by atoms with E-state index in [0.29, 0.717) is 17.8 Å². The van der Waals surface area contributed by atoms with E-state index >= 15 is 0 Å². The van der Waals surface area contributed by atoms with Gasteiger partial charge in [-0.05, 0) is 36.4 Å². The maximum Gasteiger partial charge on any atom is 0.261 e. The van der Waals surface area contributed by atoms with Crippen LogP contribution in [0, 0.1) is 0 Å². The minimum absolute atomic E-state index is 0.0435. The SMILES string of the molecule is CCC(=O)Nc1cccc(NS(=O)(=O)c2cc(Cl)cc(Cl)c2)c1. The van der Waals surface area contributed by atoms with Gasteiger partial charge in [0.05, 0.1) is 10.6 Å². The Kier molecular flexibility index (Phi) is 5.51. The number of benzene rings is 2. The molecular weight excluding hydrogens is 359 g/mol. The zero-order valence-electron chi connectivity index (χ0n) is 12.1. The molecule has 0 bridgehead atoms. The van der Waals surface area contributed by atoms with Crippen molar-refractivity contribution in [1.82, 2.24) is 0 Å². The van der Waals surface area contributed by atoms with E-state index in [4.69, 9.17) is 23.2 Å². The second-order valence-electron chi connectivity index (χ2n) is 4.69. The normalized spacial score (nSPS) is 11.1. The van der Waals surface area contributed by atoms with Gasteiger partial charge >= 0.3 is 0 Å². The number of hydrogen-bond acceptors (Lipinski definition) is 3. The fraction of sp³-hybridized carbons (Fsp3) is 0.133. The van der Waals surface area contributed by atoms with Gasteiger partial charge in [-0.1, -0.05) is 36.2 Å². The fourth-order valence-corrected chi connectivity index (χ4v) is 3.58. The van der Waals surface area contributed by atoms with E-state index in [-0.39, 0.29) is 20.8 Å². The van der Waals surface area contributed by atoms with Crippen LogP contribution in [0.1, 0.15) is 13.3 Å². The zero-order chi connectivity index (χ0) is 17.0. The summed E-state index contributed by atoms with van der Waals surface area (Å²) in [7, 11) is -3.84. The van der Waals surface area contributed by atoms with Gasteiger partial charge in [0.1, 0.15) is 0 Å². The summed E-state index contributed by atoms with van der Waals surface area (Å²) in [5, 5.41) is 3.11. The number of amides is 1. The summed E-state index contributed by atoms with van der Waals surface area (Å²) in [5.41, 5.74) is 0.816. The number of carbonyl (C=O) groups is 1. The van der Waals surface area contributed by atoms with Gasteiger partial charge in [-0.3, -0.25) is 9.52 Å². The maximum absolute atomic E-state index is 12.4. The van der Waals surface area contributed by atoms with Crippen LogP contribution >= 0.6 is 23.2 Å². The Labute approximate surface area is 144 Å². The van der Waals surface area contributed by atoms with Gasteiger partial charge in [-0.2, -0.15) is 0 Å². The molecule has 5 nitrogen and oxygen atoms in total. The van der Waals surface area contributed by atoms with Crippen molar-refractivity contribution in [2.45, 2.75) is 18.2 Å². The average Bonchev–Trinajstić information content (AvgIpc) is 2.46. The molecule has 0 spiro atoms. The van der Waals surface area contributed by atoms with E-state index in [1.54, 1.807) is 25.1 Å². The van der Waals surface area contributed by atoms with Crippen LogP contribution in [0.15, 0.2) is 47.4 Å². The Bertz CT molecular complexity index is 818. The van der Waals surface area contributed by atoms with Crippen LogP contribution in [0.4, 0.5) is 11.4 Å². The van der Waals surface area contributed by atoms with Crippen molar-refractivity contribution in [3.63, 3.8) is 0 Å². The van der Waals surface area contributed by atoms with E-state index < -0.39 is 10.0 Å². The van der Waals surface area contributed by atoms with Crippen molar-refractivity contribution >= 4 is 50.5 Å². The van der Waals surface area contributed by atoms with Gasteiger partial charge < -0.3 is 5.32 Å². The van der Waals surface area contributed by atoms with Gasteiger partial charge in [0.15, 0.2) is 0 Å². The number of hydrogen-bond donors (Lipinski definition) is 2. The summed E-state index contributed by atoms with van der Waals surface area (Å²) in [6.45, 7) is 1.73. The summed E-state index contributed by atoms with van der Waals surface area (Å²) in [4.78, 5) is 11.4. The fourth-order valence-electron chi connectivity index (χ4n) is 1.81. The summed E-state index contributed by atoms with van der Waals surface area (Å²) in [5.74, 6) is -0.161. The van der Waals surface area contributed by atoms with Gasteiger partial charge in [0.2, 0.25) is 5.91 Å². The molecule has 0 heterocycles. The van der Waals surface area contributed by atoms with Gasteiger partial charge in [0.25, 0.3) is 10.0 Å². The first kappa shape index (κ1) is 17.6.